The molecule has 7 nitrogen and oxygen atoms in total. The van der Waals surface area contributed by atoms with Gasteiger partial charge in [-0.2, -0.15) is 0 Å². The summed E-state index contributed by atoms with van der Waals surface area (Å²) in [5, 5.41) is 8.00. The molecule has 0 aliphatic rings. The van der Waals surface area contributed by atoms with Crippen molar-refractivity contribution in [3.05, 3.63) is 47.3 Å². The molecule has 126 valence electrons. The molecular weight excluding hydrogens is 318 g/mol. The van der Waals surface area contributed by atoms with Gasteiger partial charge in [-0.1, -0.05) is 6.07 Å². The summed E-state index contributed by atoms with van der Waals surface area (Å²) in [4.78, 5) is 24.1. The minimum atomic E-state index is -3.13. The van der Waals surface area contributed by atoms with Crippen LogP contribution in [0, 0.1) is 0 Å². The highest BCUT2D eigenvalue weighted by atomic mass is 32.2. The molecule has 0 aliphatic heterocycles. The Morgan fingerprint density at radius 2 is 1.78 bits per heavy atom. The van der Waals surface area contributed by atoms with Crippen LogP contribution in [0.4, 0.5) is 0 Å². The Kier molecular flexibility index (Phi) is 6.77. The third-order valence-corrected chi connectivity index (χ3v) is 3.90. The first-order valence-electron chi connectivity index (χ1n) is 6.98. The summed E-state index contributed by atoms with van der Waals surface area (Å²) in [6.45, 7) is 1.80. The maximum absolute atomic E-state index is 12.1. The molecule has 0 saturated carbocycles. The van der Waals surface area contributed by atoms with Crippen LogP contribution in [0.1, 0.15) is 27.6 Å². The van der Waals surface area contributed by atoms with Gasteiger partial charge in [-0.15, -0.1) is 0 Å². The number of benzene rings is 1. The van der Waals surface area contributed by atoms with Crippen LogP contribution in [-0.4, -0.2) is 45.8 Å². The van der Waals surface area contributed by atoms with E-state index in [1.54, 1.807) is 38.2 Å². The first kappa shape index (κ1) is 18.7. The number of nitrogens with one attached hydrogen (secondary N) is 3. The molecule has 0 atom stereocenters. The fraction of sp³-hybridized carbons (Fsp3) is 0.333. The maximum Gasteiger partial charge on any atom is 0.256 e. The van der Waals surface area contributed by atoms with Gasteiger partial charge in [0, 0.05) is 31.0 Å². The number of hydrogen-bond donors (Lipinski definition) is 3. The lowest BCUT2D eigenvalue weighted by molar-refractivity contribution is 0.0956. The number of rotatable bonds is 7. The highest BCUT2D eigenvalue weighted by Crippen LogP contribution is 2.06. The van der Waals surface area contributed by atoms with Crippen LogP contribution in [0.25, 0.3) is 0 Å². The summed E-state index contributed by atoms with van der Waals surface area (Å²) >= 11 is 0. The number of hydrogen-bond acceptors (Lipinski definition) is 5. The van der Waals surface area contributed by atoms with Gasteiger partial charge in [-0.05, 0) is 31.2 Å². The highest BCUT2D eigenvalue weighted by molar-refractivity contribution is 7.90. The van der Waals surface area contributed by atoms with Crippen molar-refractivity contribution >= 4 is 21.7 Å². The first-order chi connectivity index (χ1) is 10.8. The van der Waals surface area contributed by atoms with E-state index in [1.807, 2.05) is 0 Å². The largest absolute Gasteiger partial charge is 0.375 e. The molecule has 23 heavy (non-hydrogen) atoms. The lowest BCUT2D eigenvalue weighted by Gasteiger charge is -2.10. The predicted molar refractivity (Wildman–Crippen MR) is 88.8 cm³/mol. The van der Waals surface area contributed by atoms with E-state index in [4.69, 9.17) is 0 Å². The van der Waals surface area contributed by atoms with Crippen molar-refractivity contribution in [2.24, 2.45) is 0 Å². The van der Waals surface area contributed by atoms with Crippen molar-refractivity contribution in [3.8, 4) is 0 Å². The second-order valence-corrected chi connectivity index (χ2v) is 7.13. The molecule has 0 unspecified atom stereocenters. The fourth-order valence-electron chi connectivity index (χ4n) is 1.73. The number of amides is 2. The Labute approximate surface area is 136 Å². The van der Waals surface area contributed by atoms with Gasteiger partial charge in [-0.25, -0.2) is 8.42 Å². The quantitative estimate of drug-likeness (QED) is 0.661. The molecule has 3 N–H and O–H groups in total. The lowest BCUT2D eigenvalue weighted by Crippen LogP contribution is -2.30. The number of allylic oxidation sites excluding steroid dienone is 1. The molecule has 0 aliphatic carbocycles. The minimum absolute atomic E-state index is 0.0244. The average Bonchev–Trinajstić information content (AvgIpc) is 2.51. The normalized spacial score (nSPS) is 11.7. The number of sulfone groups is 1. The topological polar surface area (TPSA) is 104 Å². The molecule has 0 bridgehead atoms. The van der Waals surface area contributed by atoms with E-state index in [9.17, 15) is 18.0 Å². The number of carbonyl (C=O) groups excluding carboxylic acids is 2. The molecule has 8 heteroatoms. The zero-order valence-electron chi connectivity index (χ0n) is 13.3. The Balaban J connectivity index is 2.76. The molecule has 0 fully saturated rings. The van der Waals surface area contributed by atoms with Crippen molar-refractivity contribution < 1.29 is 18.0 Å². The van der Waals surface area contributed by atoms with Crippen molar-refractivity contribution in [2.75, 3.05) is 25.6 Å². The van der Waals surface area contributed by atoms with Crippen LogP contribution in [0.15, 0.2) is 36.2 Å². The van der Waals surface area contributed by atoms with Crippen LogP contribution in [0.5, 0.6) is 0 Å². The summed E-state index contributed by atoms with van der Waals surface area (Å²) in [6, 6.07) is 6.19. The van der Waals surface area contributed by atoms with Crippen LogP contribution in [0.3, 0.4) is 0 Å². The second-order valence-electron chi connectivity index (χ2n) is 4.87. The van der Waals surface area contributed by atoms with E-state index in [-0.39, 0.29) is 23.8 Å². The van der Waals surface area contributed by atoms with Crippen LogP contribution >= 0.6 is 0 Å². The lowest BCUT2D eigenvalue weighted by atomic mass is 10.1. The predicted octanol–water partition coefficient (Wildman–Crippen LogP) is 0.272. The zero-order chi connectivity index (χ0) is 17.5. The van der Waals surface area contributed by atoms with Gasteiger partial charge < -0.3 is 16.0 Å². The van der Waals surface area contributed by atoms with Gasteiger partial charge in [0.15, 0.2) is 0 Å². The van der Waals surface area contributed by atoms with Crippen LogP contribution in [-0.2, 0) is 9.84 Å². The van der Waals surface area contributed by atoms with Crippen LogP contribution < -0.4 is 16.0 Å². The van der Waals surface area contributed by atoms with Gasteiger partial charge in [-0.3, -0.25) is 9.59 Å². The molecule has 0 aromatic heterocycles. The van der Waals surface area contributed by atoms with E-state index in [1.165, 1.54) is 6.07 Å². The Bertz CT molecular complexity index is 711. The average molecular weight is 339 g/mol. The van der Waals surface area contributed by atoms with E-state index >= 15 is 0 Å². The molecule has 1 aromatic rings. The Hall–Kier alpha value is -2.35. The fourth-order valence-corrected chi connectivity index (χ4v) is 2.20. The molecular formula is C15H21N3O4S. The van der Waals surface area contributed by atoms with Gasteiger partial charge in [0.1, 0.15) is 15.7 Å². The van der Waals surface area contributed by atoms with Crippen molar-refractivity contribution in [3.63, 3.8) is 0 Å². The summed E-state index contributed by atoms with van der Waals surface area (Å²) in [6.07, 6.45) is 2.81. The zero-order valence-corrected chi connectivity index (χ0v) is 14.2. The molecule has 0 heterocycles. The van der Waals surface area contributed by atoms with Gasteiger partial charge in [0.25, 0.3) is 11.8 Å². The Morgan fingerprint density at radius 3 is 2.30 bits per heavy atom. The third kappa shape index (κ3) is 6.52. The first-order valence-corrected chi connectivity index (χ1v) is 9.04. The van der Waals surface area contributed by atoms with E-state index in [0.717, 1.165) is 6.26 Å². The molecule has 1 rings (SSSR count). The third-order valence-electron chi connectivity index (χ3n) is 2.95. The van der Waals surface area contributed by atoms with Gasteiger partial charge >= 0.3 is 0 Å². The van der Waals surface area contributed by atoms with E-state index < -0.39 is 15.7 Å². The molecule has 2 amide bonds. The number of carbonyl (C=O) groups is 2. The van der Waals surface area contributed by atoms with Gasteiger partial charge in [0.2, 0.25) is 0 Å². The van der Waals surface area contributed by atoms with Crippen LogP contribution in [0.2, 0.25) is 0 Å². The summed E-state index contributed by atoms with van der Waals surface area (Å²) in [5.41, 5.74) is 0.619. The Morgan fingerprint density at radius 1 is 1.17 bits per heavy atom. The second kappa shape index (κ2) is 8.33. The maximum atomic E-state index is 12.1. The molecule has 0 radical (unpaired) electrons. The van der Waals surface area contributed by atoms with Crippen molar-refractivity contribution in [2.45, 2.75) is 6.92 Å². The monoisotopic (exact) mass is 339 g/mol. The van der Waals surface area contributed by atoms with Crippen molar-refractivity contribution in [1.82, 2.24) is 16.0 Å². The van der Waals surface area contributed by atoms with Crippen molar-refractivity contribution in [1.29, 1.82) is 0 Å². The van der Waals surface area contributed by atoms with E-state index in [2.05, 4.69) is 16.0 Å². The molecule has 0 spiro atoms. The molecule has 0 saturated heterocycles. The summed E-state index contributed by atoms with van der Waals surface area (Å²) in [7, 11) is -1.45. The summed E-state index contributed by atoms with van der Waals surface area (Å²) < 4.78 is 22.1. The summed E-state index contributed by atoms with van der Waals surface area (Å²) in [5.74, 6) is -0.356. The smallest absolute Gasteiger partial charge is 0.256 e. The minimum Gasteiger partial charge on any atom is -0.375 e. The van der Waals surface area contributed by atoms with E-state index in [0.29, 0.717) is 11.4 Å². The standard InChI is InChI=1S/C15H21N3O4S/c1-4-13(16-2)18-15(20)12-7-5-6-11(10-12)14(19)17-8-9-23(3,21)22/h4-7,10,16H,8-9H2,1-3H3,(H,17,19)(H,18,20)/b13-4+. The van der Waals surface area contributed by atoms with Gasteiger partial charge in [0.05, 0.1) is 5.75 Å². The SMILES string of the molecule is C/C=C(\NC)NC(=O)c1cccc(C(=O)NCCS(C)(=O)=O)c1. The highest BCUT2D eigenvalue weighted by Gasteiger charge is 2.11. The molecule has 1 aromatic carbocycles.